The molecule has 0 saturated carbocycles. The highest BCUT2D eigenvalue weighted by molar-refractivity contribution is 6.17. The van der Waals surface area contributed by atoms with E-state index in [1.165, 1.54) is 6.92 Å². The van der Waals surface area contributed by atoms with Gasteiger partial charge in [-0.1, -0.05) is 0 Å². The maximum Gasteiger partial charge on any atom is 0.226 e. The minimum Gasteiger partial charge on any atom is -0.297 e. The van der Waals surface area contributed by atoms with Crippen LogP contribution in [0.15, 0.2) is 0 Å². The number of nitrogens with one attached hydrogen (secondary N) is 1. The van der Waals surface area contributed by atoms with E-state index < -0.39 is 0 Å². The van der Waals surface area contributed by atoms with Gasteiger partial charge in [0, 0.05) is 19.2 Å². The van der Waals surface area contributed by atoms with Gasteiger partial charge in [0.05, 0.1) is 0 Å². The number of carbonyl (C=O) groups excluding carboxylic acids is 2. The van der Waals surface area contributed by atoms with Gasteiger partial charge in [0.1, 0.15) is 0 Å². The Labute approximate surface area is 71.1 Å². The number of carbonyl (C=O) groups is 2. The first-order valence-electron chi connectivity index (χ1n) is 3.53. The van der Waals surface area contributed by atoms with Crippen molar-refractivity contribution in [1.29, 1.82) is 0 Å². The van der Waals surface area contributed by atoms with Crippen LogP contribution in [0.1, 0.15) is 26.2 Å². The van der Waals surface area contributed by atoms with E-state index in [0.29, 0.717) is 12.3 Å². The van der Waals surface area contributed by atoms with Crippen molar-refractivity contribution in [2.75, 3.05) is 5.88 Å². The molecule has 0 rings (SSSR count). The third kappa shape index (κ3) is 7.33. The van der Waals surface area contributed by atoms with Crippen LogP contribution in [-0.4, -0.2) is 17.7 Å². The molecule has 4 heteroatoms. The highest BCUT2D eigenvalue weighted by Crippen LogP contribution is 1.96. The molecule has 0 bridgehead atoms. The Balaban J connectivity index is 3.30. The molecule has 0 fully saturated rings. The molecule has 0 saturated heterocycles. The molecule has 0 aromatic carbocycles. The Hall–Kier alpha value is -0.570. The summed E-state index contributed by atoms with van der Waals surface area (Å²) in [5.74, 6) is 0.0383. The Morgan fingerprint density at radius 3 is 2.45 bits per heavy atom. The number of hydrogen-bond donors (Lipinski definition) is 1. The molecule has 0 aliphatic heterocycles. The van der Waals surface area contributed by atoms with Crippen LogP contribution in [0.4, 0.5) is 0 Å². The normalized spacial score (nSPS) is 9.27. The van der Waals surface area contributed by atoms with Crippen molar-refractivity contribution >= 4 is 23.4 Å². The van der Waals surface area contributed by atoms with Gasteiger partial charge in [0.15, 0.2) is 0 Å². The quantitative estimate of drug-likeness (QED) is 0.516. The van der Waals surface area contributed by atoms with Crippen LogP contribution in [0, 0.1) is 0 Å². The molecule has 0 aromatic rings. The predicted molar refractivity (Wildman–Crippen MR) is 43.4 cm³/mol. The second-order valence-electron chi connectivity index (χ2n) is 2.25. The van der Waals surface area contributed by atoms with Gasteiger partial charge in [0.2, 0.25) is 11.8 Å². The van der Waals surface area contributed by atoms with Gasteiger partial charge in [-0.05, 0) is 12.8 Å². The summed E-state index contributed by atoms with van der Waals surface area (Å²) in [6.45, 7) is 1.32. The largest absolute Gasteiger partial charge is 0.297 e. The third-order valence-electron chi connectivity index (χ3n) is 1.10. The standard InChI is InChI=1S/C7H12ClNO2/c1-6(10)9-7(11)4-2-3-5-8/h2-5H2,1H3,(H,9,10,11). The molecule has 11 heavy (non-hydrogen) atoms. The summed E-state index contributed by atoms with van der Waals surface area (Å²) in [6.07, 6.45) is 1.93. The molecule has 0 aliphatic carbocycles. The molecule has 2 amide bonds. The monoisotopic (exact) mass is 177 g/mol. The number of alkyl halides is 1. The number of imide groups is 1. The highest BCUT2D eigenvalue weighted by atomic mass is 35.5. The molecule has 0 unspecified atom stereocenters. The molecule has 0 atom stereocenters. The van der Waals surface area contributed by atoms with E-state index in [4.69, 9.17) is 11.6 Å². The number of unbranched alkanes of at least 4 members (excludes halogenated alkanes) is 1. The van der Waals surface area contributed by atoms with Crippen molar-refractivity contribution in [2.45, 2.75) is 26.2 Å². The maximum absolute atomic E-state index is 10.8. The lowest BCUT2D eigenvalue weighted by Crippen LogP contribution is -2.27. The number of halogens is 1. The molecule has 64 valence electrons. The topological polar surface area (TPSA) is 46.2 Å². The number of amides is 2. The number of rotatable bonds is 4. The SMILES string of the molecule is CC(=O)NC(=O)CCCCCl. The minimum absolute atomic E-state index is 0.220. The summed E-state index contributed by atoms with van der Waals surface area (Å²) >= 11 is 5.39. The van der Waals surface area contributed by atoms with Crippen LogP contribution >= 0.6 is 11.6 Å². The lowest BCUT2D eigenvalue weighted by molar-refractivity contribution is -0.129. The molecule has 3 nitrogen and oxygen atoms in total. The van der Waals surface area contributed by atoms with Gasteiger partial charge < -0.3 is 0 Å². The highest BCUT2D eigenvalue weighted by Gasteiger charge is 2.01. The van der Waals surface area contributed by atoms with E-state index in [-0.39, 0.29) is 11.8 Å². The smallest absolute Gasteiger partial charge is 0.226 e. The van der Waals surface area contributed by atoms with Crippen LogP contribution in [0.3, 0.4) is 0 Å². The second kappa shape index (κ2) is 6.16. The molecular weight excluding hydrogens is 166 g/mol. The second-order valence-corrected chi connectivity index (χ2v) is 2.63. The maximum atomic E-state index is 10.8. The minimum atomic E-state index is -0.305. The summed E-state index contributed by atoms with van der Waals surface area (Å²) in [7, 11) is 0. The lowest BCUT2D eigenvalue weighted by atomic mass is 10.2. The average molecular weight is 178 g/mol. The first-order chi connectivity index (χ1) is 5.16. The van der Waals surface area contributed by atoms with Gasteiger partial charge in [0.25, 0.3) is 0 Å². The lowest BCUT2D eigenvalue weighted by Gasteiger charge is -1.98. The van der Waals surface area contributed by atoms with Gasteiger partial charge in [-0.3, -0.25) is 14.9 Å². The Morgan fingerprint density at radius 2 is 2.00 bits per heavy atom. The van der Waals surface area contributed by atoms with Crippen molar-refractivity contribution in [3.8, 4) is 0 Å². The van der Waals surface area contributed by atoms with Crippen LogP contribution < -0.4 is 5.32 Å². The van der Waals surface area contributed by atoms with Crippen LogP contribution in [-0.2, 0) is 9.59 Å². The molecule has 1 N–H and O–H groups in total. The predicted octanol–water partition coefficient (Wildman–Crippen LogP) is 1.06. The molecular formula is C7H12ClNO2. The van der Waals surface area contributed by atoms with Crippen LogP contribution in [0.25, 0.3) is 0 Å². The van der Waals surface area contributed by atoms with E-state index in [1.807, 2.05) is 0 Å². The van der Waals surface area contributed by atoms with Crippen molar-refractivity contribution in [3.63, 3.8) is 0 Å². The fraction of sp³-hybridized carbons (Fsp3) is 0.714. The van der Waals surface area contributed by atoms with E-state index in [1.54, 1.807) is 0 Å². The Bertz CT molecular complexity index is 147. The van der Waals surface area contributed by atoms with E-state index in [2.05, 4.69) is 5.32 Å². The third-order valence-corrected chi connectivity index (χ3v) is 1.37. The van der Waals surface area contributed by atoms with Crippen molar-refractivity contribution in [3.05, 3.63) is 0 Å². The number of hydrogen-bond acceptors (Lipinski definition) is 2. The summed E-state index contributed by atoms with van der Waals surface area (Å²) in [5.41, 5.74) is 0. The Kier molecular flexibility index (Phi) is 5.84. The van der Waals surface area contributed by atoms with Crippen LogP contribution in [0.2, 0.25) is 0 Å². The fourth-order valence-corrected chi connectivity index (χ4v) is 0.828. The molecule has 0 heterocycles. The molecule has 0 aromatic heterocycles. The molecule has 0 aliphatic rings. The van der Waals surface area contributed by atoms with E-state index >= 15 is 0 Å². The van der Waals surface area contributed by atoms with Crippen molar-refractivity contribution in [1.82, 2.24) is 5.32 Å². The van der Waals surface area contributed by atoms with Crippen molar-refractivity contribution < 1.29 is 9.59 Å². The zero-order chi connectivity index (χ0) is 8.69. The zero-order valence-electron chi connectivity index (χ0n) is 6.52. The first kappa shape index (κ1) is 10.4. The van der Waals surface area contributed by atoms with E-state index in [0.717, 1.165) is 12.8 Å². The van der Waals surface area contributed by atoms with E-state index in [9.17, 15) is 9.59 Å². The fourth-order valence-electron chi connectivity index (χ4n) is 0.639. The van der Waals surface area contributed by atoms with Gasteiger partial charge in [-0.25, -0.2) is 0 Å². The van der Waals surface area contributed by atoms with Gasteiger partial charge in [-0.15, -0.1) is 11.6 Å². The van der Waals surface area contributed by atoms with Gasteiger partial charge >= 0.3 is 0 Å². The van der Waals surface area contributed by atoms with Gasteiger partial charge in [-0.2, -0.15) is 0 Å². The first-order valence-corrected chi connectivity index (χ1v) is 4.06. The summed E-state index contributed by atoms with van der Waals surface area (Å²) in [5, 5.41) is 2.18. The zero-order valence-corrected chi connectivity index (χ0v) is 7.28. The van der Waals surface area contributed by atoms with Crippen molar-refractivity contribution in [2.24, 2.45) is 0 Å². The summed E-state index contributed by atoms with van der Waals surface area (Å²) < 4.78 is 0. The average Bonchev–Trinajstić information content (AvgIpc) is 1.86. The molecule has 0 spiro atoms. The molecule has 0 radical (unpaired) electrons. The Morgan fingerprint density at radius 1 is 1.36 bits per heavy atom. The van der Waals surface area contributed by atoms with Crippen LogP contribution in [0.5, 0.6) is 0 Å². The summed E-state index contributed by atoms with van der Waals surface area (Å²) in [4.78, 5) is 21.1. The summed E-state index contributed by atoms with van der Waals surface area (Å²) in [6, 6.07) is 0.